The fourth-order valence-corrected chi connectivity index (χ4v) is 2.76. The Kier molecular flexibility index (Phi) is 3.91. The average molecular weight is 280 g/mol. The Labute approximate surface area is 116 Å². The van der Waals surface area contributed by atoms with Gasteiger partial charge >= 0.3 is 5.97 Å². The minimum atomic E-state index is -0.845. The van der Waals surface area contributed by atoms with Crippen LogP contribution in [-0.2, 0) is 4.79 Å². The highest BCUT2D eigenvalue weighted by Crippen LogP contribution is 2.37. The topological polar surface area (TPSA) is 86.0 Å². The van der Waals surface area contributed by atoms with E-state index in [2.05, 4.69) is 10.3 Å². The van der Waals surface area contributed by atoms with Crippen LogP contribution in [-0.4, -0.2) is 21.6 Å². The van der Waals surface area contributed by atoms with Crippen molar-refractivity contribution in [3.05, 3.63) is 22.8 Å². The fraction of sp³-hybridized carbons (Fsp3) is 0.462. The number of pyridine rings is 1. The summed E-state index contributed by atoms with van der Waals surface area (Å²) in [6.07, 6.45) is 5.03. The van der Waals surface area contributed by atoms with Crippen LogP contribution in [0.15, 0.2) is 12.3 Å². The van der Waals surface area contributed by atoms with Gasteiger partial charge in [0.1, 0.15) is 16.9 Å². The maximum absolute atomic E-state index is 11.0. The third-order valence-corrected chi connectivity index (χ3v) is 3.83. The van der Waals surface area contributed by atoms with E-state index in [4.69, 9.17) is 22.0 Å². The van der Waals surface area contributed by atoms with E-state index in [9.17, 15) is 4.79 Å². The highest BCUT2D eigenvalue weighted by molar-refractivity contribution is 6.34. The Bertz CT molecular complexity index is 533. The van der Waals surface area contributed by atoms with Crippen molar-refractivity contribution in [3.63, 3.8) is 0 Å². The van der Waals surface area contributed by atoms with Gasteiger partial charge in [0.25, 0.3) is 0 Å². The number of carbonyl (C=O) groups is 1. The van der Waals surface area contributed by atoms with Gasteiger partial charge in [0.2, 0.25) is 0 Å². The molecule has 1 aromatic heterocycles. The zero-order valence-electron chi connectivity index (χ0n) is 10.3. The van der Waals surface area contributed by atoms with Gasteiger partial charge in [-0.3, -0.25) is 4.79 Å². The number of nitrogens with one attached hydrogen (secondary N) is 1. The van der Waals surface area contributed by atoms with Gasteiger partial charge in [-0.2, -0.15) is 5.26 Å². The van der Waals surface area contributed by atoms with Gasteiger partial charge in [-0.25, -0.2) is 4.98 Å². The number of nitriles is 1. The van der Waals surface area contributed by atoms with E-state index in [-0.39, 0.29) is 11.4 Å². The second-order valence-corrected chi connectivity index (χ2v) is 5.19. The molecule has 1 fully saturated rings. The molecule has 0 saturated heterocycles. The maximum Gasteiger partial charge on any atom is 0.305 e. The summed E-state index contributed by atoms with van der Waals surface area (Å²) in [6, 6.07) is 3.52. The summed E-state index contributed by atoms with van der Waals surface area (Å²) in [5.41, 5.74) is -0.168. The first kappa shape index (κ1) is 13.6. The number of halogens is 1. The van der Waals surface area contributed by atoms with Crippen LogP contribution in [0, 0.1) is 11.3 Å². The Morgan fingerprint density at radius 3 is 2.84 bits per heavy atom. The van der Waals surface area contributed by atoms with E-state index < -0.39 is 11.5 Å². The van der Waals surface area contributed by atoms with Crippen molar-refractivity contribution in [2.45, 2.75) is 37.6 Å². The number of anilines is 1. The fourth-order valence-electron chi connectivity index (χ4n) is 2.56. The van der Waals surface area contributed by atoms with Crippen molar-refractivity contribution in [1.29, 1.82) is 5.26 Å². The molecule has 0 aromatic carbocycles. The largest absolute Gasteiger partial charge is 0.481 e. The molecule has 0 aliphatic heterocycles. The van der Waals surface area contributed by atoms with Gasteiger partial charge in [0.15, 0.2) is 0 Å². The monoisotopic (exact) mass is 279 g/mol. The molecule has 0 radical (unpaired) electrons. The lowest BCUT2D eigenvalue weighted by Gasteiger charge is -2.29. The lowest BCUT2D eigenvalue weighted by Crippen LogP contribution is -2.38. The number of rotatable bonds is 4. The van der Waals surface area contributed by atoms with Gasteiger partial charge in [-0.1, -0.05) is 24.4 Å². The summed E-state index contributed by atoms with van der Waals surface area (Å²) >= 11 is 6.09. The lowest BCUT2D eigenvalue weighted by molar-refractivity contribution is -0.138. The molecule has 6 heteroatoms. The molecule has 0 unspecified atom stereocenters. The lowest BCUT2D eigenvalue weighted by atomic mass is 9.93. The van der Waals surface area contributed by atoms with E-state index in [1.807, 2.05) is 6.07 Å². The van der Waals surface area contributed by atoms with Crippen molar-refractivity contribution >= 4 is 23.4 Å². The van der Waals surface area contributed by atoms with Gasteiger partial charge in [0, 0.05) is 11.7 Å². The molecule has 0 atom stereocenters. The third-order valence-electron chi connectivity index (χ3n) is 3.44. The van der Waals surface area contributed by atoms with E-state index in [0.717, 1.165) is 25.7 Å². The molecule has 2 N–H and O–H groups in total. The molecular formula is C13H14ClN3O2. The third kappa shape index (κ3) is 2.96. The molecule has 19 heavy (non-hydrogen) atoms. The molecule has 0 spiro atoms. The Morgan fingerprint density at radius 2 is 2.26 bits per heavy atom. The van der Waals surface area contributed by atoms with Gasteiger partial charge in [-0.15, -0.1) is 0 Å². The van der Waals surface area contributed by atoms with E-state index in [1.165, 1.54) is 12.3 Å². The summed E-state index contributed by atoms with van der Waals surface area (Å²) in [4.78, 5) is 15.1. The Hall–Kier alpha value is -1.80. The van der Waals surface area contributed by atoms with Crippen LogP contribution in [0.25, 0.3) is 0 Å². The summed E-state index contributed by atoms with van der Waals surface area (Å²) < 4.78 is 0. The number of carboxylic acids is 1. The van der Waals surface area contributed by atoms with Crippen molar-refractivity contribution in [2.75, 3.05) is 5.32 Å². The molecule has 2 rings (SSSR count). The van der Waals surface area contributed by atoms with Gasteiger partial charge in [0.05, 0.1) is 12.0 Å². The van der Waals surface area contributed by atoms with Crippen molar-refractivity contribution in [3.8, 4) is 6.07 Å². The van der Waals surface area contributed by atoms with Crippen molar-refractivity contribution in [1.82, 2.24) is 4.98 Å². The minimum Gasteiger partial charge on any atom is -0.481 e. The number of carboxylic acid groups (broad SMARTS) is 1. The van der Waals surface area contributed by atoms with Crippen LogP contribution < -0.4 is 5.32 Å². The zero-order chi connectivity index (χ0) is 13.9. The first-order chi connectivity index (χ1) is 9.06. The van der Waals surface area contributed by atoms with Crippen molar-refractivity contribution in [2.24, 2.45) is 0 Å². The second kappa shape index (κ2) is 5.45. The standard InChI is InChI=1S/C13H14ClN3O2/c14-11-9(8-15)3-6-16-12(11)17-13(7-10(18)19)4-1-2-5-13/h3,6H,1-2,4-5,7H2,(H,16,17)(H,18,19). The van der Waals surface area contributed by atoms with E-state index in [1.54, 1.807) is 0 Å². The smallest absolute Gasteiger partial charge is 0.305 e. The summed E-state index contributed by atoms with van der Waals surface area (Å²) in [6.45, 7) is 0. The summed E-state index contributed by atoms with van der Waals surface area (Å²) in [7, 11) is 0. The molecule has 1 heterocycles. The average Bonchev–Trinajstić information content (AvgIpc) is 2.79. The van der Waals surface area contributed by atoms with Crippen LogP contribution in [0.2, 0.25) is 5.02 Å². The highest BCUT2D eigenvalue weighted by Gasteiger charge is 2.36. The summed E-state index contributed by atoms with van der Waals surface area (Å²) in [5, 5.41) is 21.4. The van der Waals surface area contributed by atoms with E-state index in [0.29, 0.717) is 11.4 Å². The molecule has 0 amide bonds. The number of aromatic nitrogens is 1. The molecule has 1 aliphatic carbocycles. The normalized spacial score (nSPS) is 16.8. The van der Waals surface area contributed by atoms with Crippen LogP contribution in [0.3, 0.4) is 0 Å². The number of aliphatic carboxylic acids is 1. The summed E-state index contributed by atoms with van der Waals surface area (Å²) in [5.74, 6) is -0.453. The van der Waals surface area contributed by atoms with Gasteiger partial charge in [-0.05, 0) is 18.9 Å². The van der Waals surface area contributed by atoms with Crippen LogP contribution in [0.4, 0.5) is 5.82 Å². The number of nitrogens with zero attached hydrogens (tertiary/aromatic N) is 2. The molecule has 1 aliphatic rings. The van der Waals surface area contributed by atoms with E-state index >= 15 is 0 Å². The zero-order valence-corrected chi connectivity index (χ0v) is 11.1. The maximum atomic E-state index is 11.0. The SMILES string of the molecule is N#Cc1ccnc(NC2(CC(=O)O)CCCC2)c1Cl. The molecule has 0 bridgehead atoms. The molecule has 5 nitrogen and oxygen atoms in total. The molecule has 1 saturated carbocycles. The predicted molar refractivity (Wildman–Crippen MR) is 71.0 cm³/mol. The predicted octanol–water partition coefficient (Wildman–Crippen LogP) is 2.81. The Morgan fingerprint density at radius 1 is 1.58 bits per heavy atom. The second-order valence-electron chi connectivity index (χ2n) is 4.82. The quantitative estimate of drug-likeness (QED) is 0.885. The molecular weight excluding hydrogens is 266 g/mol. The number of hydrogen-bond acceptors (Lipinski definition) is 4. The first-order valence-corrected chi connectivity index (χ1v) is 6.49. The van der Waals surface area contributed by atoms with Crippen LogP contribution >= 0.6 is 11.6 Å². The highest BCUT2D eigenvalue weighted by atomic mass is 35.5. The minimum absolute atomic E-state index is 0.0296. The molecule has 1 aromatic rings. The first-order valence-electron chi connectivity index (χ1n) is 6.11. The van der Waals surface area contributed by atoms with Crippen molar-refractivity contribution < 1.29 is 9.90 Å². The van der Waals surface area contributed by atoms with Gasteiger partial charge < -0.3 is 10.4 Å². The van der Waals surface area contributed by atoms with Crippen LogP contribution in [0.5, 0.6) is 0 Å². The molecule has 100 valence electrons. The Balaban J connectivity index is 2.28. The number of hydrogen-bond donors (Lipinski definition) is 2. The van der Waals surface area contributed by atoms with Crippen LogP contribution in [0.1, 0.15) is 37.7 Å².